The van der Waals surface area contributed by atoms with Crippen molar-refractivity contribution < 1.29 is 19.4 Å². The first kappa shape index (κ1) is 14.9. The molecule has 1 aromatic heterocycles. The average molecular weight is 288 g/mol. The van der Waals surface area contributed by atoms with Gasteiger partial charge in [0.25, 0.3) is 0 Å². The second-order valence-electron chi connectivity index (χ2n) is 4.73. The molecular formula is C15H16N2O4. The Bertz CT molecular complexity index is 672. The summed E-state index contributed by atoms with van der Waals surface area (Å²) in [6.07, 6.45) is 3.37. The number of hydrogen-bond donors (Lipinski definition) is 1. The maximum absolute atomic E-state index is 12.1. The van der Waals surface area contributed by atoms with E-state index in [0.717, 1.165) is 0 Å². The zero-order valence-corrected chi connectivity index (χ0v) is 11.8. The topological polar surface area (TPSA) is 89.4 Å². The van der Waals surface area contributed by atoms with Gasteiger partial charge in [0.1, 0.15) is 0 Å². The van der Waals surface area contributed by atoms with Crippen LogP contribution in [0.5, 0.6) is 0 Å². The molecule has 1 heterocycles. The van der Waals surface area contributed by atoms with Gasteiger partial charge in [-0.15, -0.1) is 0 Å². The second-order valence-corrected chi connectivity index (χ2v) is 4.73. The summed E-state index contributed by atoms with van der Waals surface area (Å²) in [5, 5.41) is 9.32. The van der Waals surface area contributed by atoms with Gasteiger partial charge < -0.3 is 9.84 Å². The molecule has 21 heavy (non-hydrogen) atoms. The number of carbonyl (C=O) groups excluding carboxylic acids is 1. The number of carboxylic acids is 1. The Morgan fingerprint density at radius 3 is 2.52 bits per heavy atom. The fourth-order valence-electron chi connectivity index (χ4n) is 1.89. The fourth-order valence-corrected chi connectivity index (χ4v) is 1.89. The van der Waals surface area contributed by atoms with Gasteiger partial charge in [0.15, 0.2) is 5.92 Å². The van der Waals surface area contributed by atoms with Crippen LogP contribution in [0.4, 0.5) is 0 Å². The lowest BCUT2D eigenvalue weighted by atomic mass is 9.98. The molecule has 0 radical (unpaired) electrons. The summed E-state index contributed by atoms with van der Waals surface area (Å²) in [6.45, 7) is 3.59. The van der Waals surface area contributed by atoms with Crippen molar-refractivity contribution in [1.29, 1.82) is 0 Å². The van der Waals surface area contributed by atoms with Gasteiger partial charge in [-0.25, -0.2) is 0 Å². The largest absolute Gasteiger partial charge is 0.480 e. The molecule has 0 saturated heterocycles. The SMILES string of the molecule is CCC(C)OC(=O)C(C(=O)O)c1ccc2nccnc2c1. The summed E-state index contributed by atoms with van der Waals surface area (Å²) < 4.78 is 5.13. The molecule has 0 amide bonds. The van der Waals surface area contributed by atoms with Gasteiger partial charge in [0.2, 0.25) is 0 Å². The van der Waals surface area contributed by atoms with Crippen molar-refractivity contribution in [3.63, 3.8) is 0 Å². The highest BCUT2D eigenvalue weighted by Crippen LogP contribution is 2.22. The number of carboxylic acid groups (broad SMARTS) is 1. The highest BCUT2D eigenvalue weighted by atomic mass is 16.5. The van der Waals surface area contributed by atoms with E-state index in [-0.39, 0.29) is 6.10 Å². The molecular weight excluding hydrogens is 272 g/mol. The van der Waals surface area contributed by atoms with Gasteiger partial charge >= 0.3 is 11.9 Å². The van der Waals surface area contributed by atoms with Gasteiger partial charge in [-0.05, 0) is 31.0 Å². The minimum absolute atomic E-state index is 0.320. The molecule has 0 aliphatic rings. The maximum Gasteiger partial charge on any atom is 0.325 e. The van der Waals surface area contributed by atoms with Crippen LogP contribution in [0.1, 0.15) is 31.7 Å². The van der Waals surface area contributed by atoms with Crippen LogP contribution < -0.4 is 0 Å². The molecule has 2 aromatic rings. The van der Waals surface area contributed by atoms with Crippen molar-refractivity contribution in [3.8, 4) is 0 Å². The van der Waals surface area contributed by atoms with Crippen LogP contribution >= 0.6 is 0 Å². The lowest BCUT2D eigenvalue weighted by molar-refractivity contribution is -0.157. The number of esters is 1. The third-order valence-corrected chi connectivity index (χ3v) is 3.20. The van der Waals surface area contributed by atoms with Crippen LogP contribution in [0.25, 0.3) is 11.0 Å². The second kappa shape index (κ2) is 6.30. The van der Waals surface area contributed by atoms with E-state index in [1.165, 1.54) is 6.20 Å². The van der Waals surface area contributed by atoms with Gasteiger partial charge in [-0.2, -0.15) is 0 Å². The lowest BCUT2D eigenvalue weighted by Gasteiger charge is -2.16. The third-order valence-electron chi connectivity index (χ3n) is 3.20. The minimum Gasteiger partial charge on any atom is -0.480 e. The molecule has 2 rings (SSSR count). The Kier molecular flexibility index (Phi) is 4.47. The molecule has 2 unspecified atom stereocenters. The predicted molar refractivity (Wildman–Crippen MR) is 75.8 cm³/mol. The van der Waals surface area contributed by atoms with Crippen LogP contribution in [0.3, 0.4) is 0 Å². The molecule has 6 nitrogen and oxygen atoms in total. The number of aliphatic carboxylic acids is 1. The van der Waals surface area contributed by atoms with E-state index in [4.69, 9.17) is 4.74 Å². The Morgan fingerprint density at radius 2 is 1.90 bits per heavy atom. The quantitative estimate of drug-likeness (QED) is 0.669. The summed E-state index contributed by atoms with van der Waals surface area (Å²) in [4.78, 5) is 31.7. The smallest absolute Gasteiger partial charge is 0.325 e. The molecule has 0 fully saturated rings. The zero-order chi connectivity index (χ0) is 15.4. The Balaban J connectivity index is 2.36. The third kappa shape index (κ3) is 3.34. The zero-order valence-electron chi connectivity index (χ0n) is 11.8. The molecule has 1 N–H and O–H groups in total. The number of fused-ring (bicyclic) bond motifs is 1. The Hall–Kier alpha value is -2.50. The number of aromatic nitrogens is 2. The first-order valence-corrected chi connectivity index (χ1v) is 6.67. The van der Waals surface area contributed by atoms with E-state index < -0.39 is 17.9 Å². The van der Waals surface area contributed by atoms with Crippen molar-refractivity contribution in [2.45, 2.75) is 32.3 Å². The van der Waals surface area contributed by atoms with Crippen molar-refractivity contribution in [1.82, 2.24) is 9.97 Å². The van der Waals surface area contributed by atoms with Crippen molar-refractivity contribution in [2.24, 2.45) is 0 Å². The predicted octanol–water partition coefficient (Wildman–Crippen LogP) is 2.14. The number of hydrogen-bond acceptors (Lipinski definition) is 5. The van der Waals surface area contributed by atoms with Gasteiger partial charge in [-0.3, -0.25) is 19.6 Å². The first-order chi connectivity index (χ1) is 10.0. The summed E-state index contributed by atoms with van der Waals surface area (Å²) >= 11 is 0. The van der Waals surface area contributed by atoms with Gasteiger partial charge in [0, 0.05) is 12.4 Å². The molecule has 2 atom stereocenters. The molecule has 0 aliphatic carbocycles. The standard InChI is InChI=1S/C15H16N2O4/c1-3-9(2)21-15(20)13(14(18)19)10-4-5-11-12(8-10)17-7-6-16-11/h4-9,13H,3H2,1-2H3,(H,18,19). The van der Waals surface area contributed by atoms with Crippen molar-refractivity contribution in [3.05, 3.63) is 36.2 Å². The number of benzene rings is 1. The highest BCUT2D eigenvalue weighted by Gasteiger charge is 2.31. The summed E-state index contributed by atoms with van der Waals surface area (Å²) in [5.41, 5.74) is 1.52. The van der Waals surface area contributed by atoms with E-state index in [1.807, 2.05) is 6.92 Å². The molecule has 0 bridgehead atoms. The average Bonchev–Trinajstić information content (AvgIpc) is 2.46. The number of ether oxygens (including phenoxy) is 1. The number of rotatable bonds is 5. The van der Waals surface area contributed by atoms with Crippen molar-refractivity contribution >= 4 is 23.0 Å². The number of carbonyl (C=O) groups is 2. The Labute approximate surface area is 121 Å². The van der Waals surface area contributed by atoms with E-state index in [2.05, 4.69) is 9.97 Å². The lowest BCUT2D eigenvalue weighted by Crippen LogP contribution is -2.26. The minimum atomic E-state index is -1.36. The monoisotopic (exact) mass is 288 g/mol. The number of nitrogens with zero attached hydrogens (tertiary/aromatic N) is 2. The normalized spacial score (nSPS) is 13.6. The first-order valence-electron chi connectivity index (χ1n) is 6.67. The van der Waals surface area contributed by atoms with Crippen LogP contribution in [-0.4, -0.2) is 33.1 Å². The maximum atomic E-state index is 12.1. The van der Waals surface area contributed by atoms with Crippen LogP contribution in [0.2, 0.25) is 0 Å². The summed E-state index contributed by atoms with van der Waals surface area (Å²) in [7, 11) is 0. The van der Waals surface area contributed by atoms with Gasteiger partial charge in [-0.1, -0.05) is 13.0 Å². The Morgan fingerprint density at radius 1 is 1.24 bits per heavy atom. The van der Waals surface area contributed by atoms with Crippen molar-refractivity contribution in [2.75, 3.05) is 0 Å². The van der Waals surface area contributed by atoms with E-state index in [0.29, 0.717) is 23.0 Å². The van der Waals surface area contributed by atoms with E-state index in [1.54, 1.807) is 31.3 Å². The van der Waals surface area contributed by atoms with E-state index >= 15 is 0 Å². The molecule has 1 aromatic carbocycles. The van der Waals surface area contributed by atoms with Crippen LogP contribution in [0, 0.1) is 0 Å². The molecule has 0 spiro atoms. The molecule has 0 saturated carbocycles. The molecule has 6 heteroatoms. The van der Waals surface area contributed by atoms with E-state index in [9.17, 15) is 14.7 Å². The highest BCUT2D eigenvalue weighted by molar-refractivity contribution is 6.00. The molecule has 110 valence electrons. The fraction of sp³-hybridized carbons (Fsp3) is 0.333. The summed E-state index contributed by atoms with van der Waals surface area (Å²) in [5.74, 6) is -3.36. The van der Waals surface area contributed by atoms with Gasteiger partial charge in [0.05, 0.1) is 17.1 Å². The summed E-state index contributed by atoms with van der Waals surface area (Å²) in [6, 6.07) is 4.76. The molecule has 0 aliphatic heterocycles. The van der Waals surface area contributed by atoms with Crippen LogP contribution in [0.15, 0.2) is 30.6 Å². The van der Waals surface area contributed by atoms with Crippen LogP contribution in [-0.2, 0) is 14.3 Å².